The molecule has 0 spiro atoms. The van der Waals surface area contributed by atoms with E-state index in [2.05, 4.69) is 30.3 Å². The molecule has 3 rings (SSSR count). The zero-order valence-electron chi connectivity index (χ0n) is 13.6. The maximum Gasteiger partial charge on any atom is 0.222 e. The standard InChI is InChI=1S/C17H24N4O/c1-4-21-16(19-14-6-5-8-18-17(14)21)13-7-9-20(11-13)15(22)10-12(2)3/h5-6,8,12-13H,4,7,9-11H2,1-3H3/t13-/m1/s1. The lowest BCUT2D eigenvalue weighted by Gasteiger charge is -2.18. The Morgan fingerprint density at radius 1 is 1.45 bits per heavy atom. The van der Waals surface area contributed by atoms with Crippen molar-refractivity contribution in [2.75, 3.05) is 13.1 Å². The van der Waals surface area contributed by atoms with Crippen LogP contribution in [0.25, 0.3) is 11.2 Å². The quantitative estimate of drug-likeness (QED) is 0.872. The molecule has 22 heavy (non-hydrogen) atoms. The number of aromatic nitrogens is 3. The van der Waals surface area contributed by atoms with E-state index in [0.717, 1.165) is 43.0 Å². The molecule has 5 heteroatoms. The summed E-state index contributed by atoms with van der Waals surface area (Å²) in [4.78, 5) is 23.5. The van der Waals surface area contributed by atoms with Crippen molar-refractivity contribution in [2.45, 2.75) is 46.1 Å². The normalized spacial score (nSPS) is 18.5. The minimum Gasteiger partial charge on any atom is -0.342 e. The zero-order chi connectivity index (χ0) is 15.7. The highest BCUT2D eigenvalue weighted by molar-refractivity contribution is 5.77. The van der Waals surface area contributed by atoms with E-state index in [-0.39, 0.29) is 5.91 Å². The number of imidazole rings is 1. The third-order valence-corrected chi connectivity index (χ3v) is 4.34. The van der Waals surface area contributed by atoms with E-state index in [1.54, 1.807) is 0 Å². The molecule has 0 aliphatic carbocycles. The fourth-order valence-corrected chi connectivity index (χ4v) is 3.28. The van der Waals surface area contributed by atoms with Gasteiger partial charge in [0.25, 0.3) is 0 Å². The zero-order valence-corrected chi connectivity index (χ0v) is 13.6. The molecule has 0 bridgehead atoms. The van der Waals surface area contributed by atoms with Crippen LogP contribution in [0.15, 0.2) is 18.3 Å². The Morgan fingerprint density at radius 2 is 2.27 bits per heavy atom. The van der Waals surface area contributed by atoms with Crippen LogP contribution in [0.1, 0.15) is 45.4 Å². The molecule has 0 radical (unpaired) electrons. The van der Waals surface area contributed by atoms with Crippen LogP contribution in [0, 0.1) is 5.92 Å². The largest absolute Gasteiger partial charge is 0.342 e. The van der Waals surface area contributed by atoms with Crippen LogP contribution in [0.5, 0.6) is 0 Å². The van der Waals surface area contributed by atoms with Gasteiger partial charge in [0.1, 0.15) is 11.3 Å². The summed E-state index contributed by atoms with van der Waals surface area (Å²) >= 11 is 0. The molecule has 1 saturated heterocycles. The van der Waals surface area contributed by atoms with Gasteiger partial charge in [-0.05, 0) is 31.4 Å². The summed E-state index contributed by atoms with van der Waals surface area (Å²) in [7, 11) is 0. The fraction of sp³-hybridized carbons (Fsp3) is 0.588. The smallest absolute Gasteiger partial charge is 0.222 e. The summed E-state index contributed by atoms with van der Waals surface area (Å²) < 4.78 is 2.19. The number of hydrogen-bond donors (Lipinski definition) is 0. The monoisotopic (exact) mass is 300 g/mol. The molecule has 5 nitrogen and oxygen atoms in total. The lowest BCUT2D eigenvalue weighted by molar-refractivity contribution is -0.130. The Bertz CT molecular complexity index is 676. The summed E-state index contributed by atoms with van der Waals surface area (Å²) in [6, 6.07) is 3.93. The van der Waals surface area contributed by atoms with Crippen LogP contribution in [-0.2, 0) is 11.3 Å². The van der Waals surface area contributed by atoms with Gasteiger partial charge < -0.3 is 9.47 Å². The second-order valence-electron chi connectivity index (χ2n) is 6.48. The number of hydrogen-bond acceptors (Lipinski definition) is 3. The first-order valence-electron chi connectivity index (χ1n) is 8.19. The second-order valence-corrected chi connectivity index (χ2v) is 6.48. The Morgan fingerprint density at radius 3 is 3.00 bits per heavy atom. The summed E-state index contributed by atoms with van der Waals surface area (Å²) in [6.07, 6.45) is 3.44. The molecule has 0 saturated carbocycles. The van der Waals surface area contributed by atoms with Gasteiger partial charge in [-0.3, -0.25) is 4.79 Å². The molecule has 1 aliphatic rings. The van der Waals surface area contributed by atoms with E-state index in [1.165, 1.54) is 0 Å². The molecule has 3 heterocycles. The molecule has 0 aromatic carbocycles. The molecule has 1 atom stereocenters. The van der Waals surface area contributed by atoms with Crippen LogP contribution < -0.4 is 0 Å². The van der Waals surface area contributed by atoms with Crippen LogP contribution in [-0.4, -0.2) is 38.4 Å². The number of carbonyl (C=O) groups is 1. The van der Waals surface area contributed by atoms with Crippen molar-refractivity contribution >= 4 is 17.1 Å². The first-order valence-corrected chi connectivity index (χ1v) is 8.19. The van der Waals surface area contributed by atoms with Gasteiger partial charge in [0.15, 0.2) is 5.65 Å². The maximum atomic E-state index is 12.2. The first kappa shape index (κ1) is 15.0. The van der Waals surface area contributed by atoms with Crippen LogP contribution >= 0.6 is 0 Å². The summed E-state index contributed by atoms with van der Waals surface area (Å²) in [5, 5.41) is 0. The number of likely N-dealkylation sites (tertiary alicyclic amines) is 1. The molecule has 1 amide bonds. The van der Waals surface area contributed by atoms with Gasteiger partial charge in [-0.1, -0.05) is 13.8 Å². The van der Waals surface area contributed by atoms with Crippen molar-refractivity contribution in [3.8, 4) is 0 Å². The Hall–Kier alpha value is -1.91. The van der Waals surface area contributed by atoms with Crippen molar-refractivity contribution in [2.24, 2.45) is 5.92 Å². The number of nitrogens with zero attached hydrogens (tertiary/aromatic N) is 4. The van der Waals surface area contributed by atoms with Crippen molar-refractivity contribution in [3.05, 3.63) is 24.2 Å². The van der Waals surface area contributed by atoms with Gasteiger partial charge in [0, 0.05) is 38.2 Å². The molecular formula is C17H24N4O. The number of carbonyl (C=O) groups excluding carboxylic acids is 1. The maximum absolute atomic E-state index is 12.2. The van der Waals surface area contributed by atoms with Gasteiger partial charge in [-0.25, -0.2) is 9.97 Å². The Balaban J connectivity index is 1.82. The van der Waals surface area contributed by atoms with Crippen molar-refractivity contribution in [1.82, 2.24) is 19.4 Å². The first-order chi connectivity index (χ1) is 10.6. The van der Waals surface area contributed by atoms with Gasteiger partial charge >= 0.3 is 0 Å². The molecule has 0 N–H and O–H groups in total. The molecule has 0 unspecified atom stereocenters. The SMILES string of the molecule is CCn1c([C@@H]2CCN(C(=O)CC(C)C)C2)nc2cccnc21. The van der Waals surface area contributed by atoms with E-state index in [1.807, 2.05) is 23.2 Å². The summed E-state index contributed by atoms with van der Waals surface area (Å²) in [5.41, 5.74) is 1.90. The van der Waals surface area contributed by atoms with E-state index >= 15 is 0 Å². The molecule has 1 fully saturated rings. The number of fused-ring (bicyclic) bond motifs is 1. The third-order valence-electron chi connectivity index (χ3n) is 4.34. The number of rotatable bonds is 4. The highest BCUT2D eigenvalue weighted by Crippen LogP contribution is 2.29. The van der Waals surface area contributed by atoms with Crippen LogP contribution in [0.4, 0.5) is 0 Å². The van der Waals surface area contributed by atoms with E-state index in [9.17, 15) is 4.79 Å². The topological polar surface area (TPSA) is 51.0 Å². The van der Waals surface area contributed by atoms with Crippen molar-refractivity contribution in [1.29, 1.82) is 0 Å². The average molecular weight is 300 g/mol. The summed E-state index contributed by atoms with van der Waals surface area (Å²) in [5.74, 6) is 2.09. The molecule has 2 aromatic heterocycles. The highest BCUT2D eigenvalue weighted by Gasteiger charge is 2.30. The molecule has 1 aliphatic heterocycles. The second kappa shape index (κ2) is 6.07. The van der Waals surface area contributed by atoms with Gasteiger partial charge in [0.2, 0.25) is 5.91 Å². The Kier molecular flexibility index (Phi) is 4.14. The molecule has 2 aromatic rings. The molecule has 118 valence electrons. The average Bonchev–Trinajstić information content (AvgIpc) is 3.10. The number of amides is 1. The summed E-state index contributed by atoms with van der Waals surface area (Å²) in [6.45, 7) is 8.79. The fourth-order valence-electron chi connectivity index (χ4n) is 3.28. The van der Waals surface area contributed by atoms with Gasteiger partial charge in [0.05, 0.1) is 0 Å². The molecular weight excluding hydrogens is 276 g/mol. The van der Waals surface area contributed by atoms with Crippen LogP contribution in [0.3, 0.4) is 0 Å². The number of aryl methyl sites for hydroxylation is 1. The lowest BCUT2D eigenvalue weighted by Crippen LogP contribution is -2.29. The minimum atomic E-state index is 0.273. The Labute approximate surface area is 131 Å². The van der Waals surface area contributed by atoms with Crippen LogP contribution in [0.2, 0.25) is 0 Å². The predicted molar refractivity (Wildman–Crippen MR) is 86.6 cm³/mol. The third kappa shape index (κ3) is 2.72. The van der Waals surface area contributed by atoms with E-state index < -0.39 is 0 Å². The van der Waals surface area contributed by atoms with Gasteiger partial charge in [-0.15, -0.1) is 0 Å². The lowest BCUT2D eigenvalue weighted by atomic mass is 10.1. The van der Waals surface area contributed by atoms with E-state index in [0.29, 0.717) is 18.3 Å². The van der Waals surface area contributed by atoms with Crippen molar-refractivity contribution < 1.29 is 4.79 Å². The van der Waals surface area contributed by atoms with Gasteiger partial charge in [-0.2, -0.15) is 0 Å². The highest BCUT2D eigenvalue weighted by atomic mass is 16.2. The minimum absolute atomic E-state index is 0.273. The predicted octanol–water partition coefficient (Wildman–Crippen LogP) is 2.81. The number of pyridine rings is 1. The van der Waals surface area contributed by atoms with E-state index in [4.69, 9.17) is 4.98 Å². The van der Waals surface area contributed by atoms with Crippen molar-refractivity contribution in [3.63, 3.8) is 0 Å².